The van der Waals surface area contributed by atoms with Crippen molar-refractivity contribution in [3.8, 4) is 0 Å². The van der Waals surface area contributed by atoms with E-state index < -0.39 is 0 Å². The maximum Gasteiger partial charge on any atom is 0.306 e. The van der Waals surface area contributed by atoms with Crippen LogP contribution in [-0.2, 0) is 9.53 Å². The summed E-state index contributed by atoms with van der Waals surface area (Å²) >= 11 is 0. The fourth-order valence-electron chi connectivity index (χ4n) is 10.8. The number of carbonyl (C=O) groups excluding carboxylic acids is 1. The number of unbranched alkanes of at least 4 members (excludes halogenated alkanes) is 4. The number of allylic oxidation sites excluding steroid dienone is 4. The van der Waals surface area contributed by atoms with E-state index in [1.54, 1.807) is 0 Å². The van der Waals surface area contributed by atoms with E-state index in [2.05, 4.69) is 68.4 Å². The van der Waals surface area contributed by atoms with Gasteiger partial charge in [0.25, 0.3) is 0 Å². The molecule has 2 fully saturated rings. The van der Waals surface area contributed by atoms with Gasteiger partial charge in [-0.25, -0.2) is 0 Å². The van der Waals surface area contributed by atoms with Gasteiger partial charge in [-0.2, -0.15) is 0 Å². The largest absolute Gasteiger partial charge is 0.462 e. The van der Waals surface area contributed by atoms with E-state index in [0.29, 0.717) is 23.2 Å². The summed E-state index contributed by atoms with van der Waals surface area (Å²) in [7, 11) is 0. The third-order valence-corrected chi connectivity index (χ3v) is 13.4. The Morgan fingerprint density at radius 2 is 1.65 bits per heavy atom. The summed E-state index contributed by atoms with van der Waals surface area (Å²) in [5.74, 6) is 2.29. The van der Waals surface area contributed by atoms with Crippen molar-refractivity contribution < 1.29 is 9.53 Å². The Balaban J connectivity index is 1.49. The molecule has 0 N–H and O–H groups in total. The molecule has 228 valence electrons. The number of rotatable bonds is 11. The molecule has 0 amide bonds. The van der Waals surface area contributed by atoms with Crippen molar-refractivity contribution in [1.29, 1.82) is 0 Å². The Hall–Kier alpha value is -1.05. The quantitative estimate of drug-likeness (QED) is 0.145. The normalized spacial score (nSPS) is 37.3. The summed E-state index contributed by atoms with van der Waals surface area (Å²) in [5.41, 5.74) is 6.25. The molecule has 0 aromatic rings. The zero-order valence-corrected chi connectivity index (χ0v) is 28.0. The van der Waals surface area contributed by atoms with Crippen molar-refractivity contribution in [3.63, 3.8) is 0 Å². The standard InChI is InChI=1S/C38H64O2/c1-10-11-12-13-14-18-34(39)40-33-23-24-36(7)30-22-26-37(8)29(28(4)17-15-16-27(2)3)21-25-38(37,9)31(30)19-20-32(36)35(33,5)6/h16,28-29,32-33H,10-15,17-26H2,1-9H3/t28-,29-,32?,33?,36-,37-,38+/m1/s1. The van der Waals surface area contributed by atoms with Crippen molar-refractivity contribution in [1.82, 2.24) is 0 Å². The van der Waals surface area contributed by atoms with E-state index in [1.807, 2.05) is 11.1 Å². The van der Waals surface area contributed by atoms with Gasteiger partial charge in [0.05, 0.1) is 0 Å². The van der Waals surface area contributed by atoms with Gasteiger partial charge in [-0.15, -0.1) is 0 Å². The second-order valence-electron chi connectivity index (χ2n) is 16.2. The van der Waals surface area contributed by atoms with Crippen molar-refractivity contribution in [2.45, 2.75) is 171 Å². The van der Waals surface area contributed by atoms with Crippen molar-refractivity contribution >= 4 is 5.97 Å². The molecule has 0 aromatic heterocycles. The van der Waals surface area contributed by atoms with Gasteiger partial charge in [-0.05, 0) is 118 Å². The van der Waals surface area contributed by atoms with Crippen LogP contribution in [0.5, 0.6) is 0 Å². The van der Waals surface area contributed by atoms with Crippen LogP contribution in [0, 0.1) is 39.4 Å². The number of carbonyl (C=O) groups is 1. The predicted molar refractivity (Wildman–Crippen MR) is 170 cm³/mol. The van der Waals surface area contributed by atoms with Gasteiger partial charge >= 0.3 is 5.97 Å². The molecule has 0 aliphatic heterocycles. The summed E-state index contributed by atoms with van der Waals surface area (Å²) in [4.78, 5) is 12.9. The Labute approximate surface area is 248 Å². The molecule has 0 aromatic carbocycles. The summed E-state index contributed by atoms with van der Waals surface area (Å²) in [6.45, 7) is 22.1. The average Bonchev–Trinajstić information content (AvgIpc) is 3.16. The van der Waals surface area contributed by atoms with Crippen LogP contribution in [0.3, 0.4) is 0 Å². The number of fused-ring (bicyclic) bond motifs is 4. The van der Waals surface area contributed by atoms with Gasteiger partial charge in [-0.1, -0.05) is 96.9 Å². The Morgan fingerprint density at radius 3 is 2.35 bits per heavy atom. The van der Waals surface area contributed by atoms with Gasteiger partial charge in [0, 0.05) is 11.8 Å². The lowest BCUT2D eigenvalue weighted by atomic mass is 9.43. The molecule has 0 heterocycles. The predicted octanol–water partition coefficient (Wildman–Crippen LogP) is 11.4. The molecule has 0 radical (unpaired) electrons. The van der Waals surface area contributed by atoms with Crippen LogP contribution in [0.25, 0.3) is 0 Å². The SMILES string of the molecule is CCCCCCCC(=O)OC1CC[C@]2(C)C3=C(CCC2C1(C)C)[C@]1(C)CC[C@H]([C@H](C)CCC=C(C)C)[C@@]1(C)CC3. The smallest absolute Gasteiger partial charge is 0.306 e. The molecule has 2 unspecified atom stereocenters. The molecule has 2 saturated carbocycles. The lowest BCUT2D eigenvalue weighted by molar-refractivity contribution is -0.170. The molecule has 4 aliphatic carbocycles. The molecule has 7 atom stereocenters. The number of hydrogen-bond donors (Lipinski definition) is 0. The van der Waals surface area contributed by atoms with Gasteiger partial charge in [-0.3, -0.25) is 4.79 Å². The van der Waals surface area contributed by atoms with Gasteiger partial charge in [0.15, 0.2) is 0 Å². The van der Waals surface area contributed by atoms with Gasteiger partial charge in [0.1, 0.15) is 6.10 Å². The zero-order valence-electron chi connectivity index (χ0n) is 28.0. The first-order chi connectivity index (χ1) is 18.8. The summed E-state index contributed by atoms with van der Waals surface area (Å²) in [5, 5.41) is 0. The van der Waals surface area contributed by atoms with Crippen LogP contribution in [0.1, 0.15) is 165 Å². The third-order valence-electron chi connectivity index (χ3n) is 13.4. The van der Waals surface area contributed by atoms with Crippen molar-refractivity contribution in [2.75, 3.05) is 0 Å². The minimum Gasteiger partial charge on any atom is -0.462 e. The van der Waals surface area contributed by atoms with E-state index in [-0.39, 0.29) is 22.9 Å². The zero-order chi connectivity index (χ0) is 29.3. The lowest BCUT2D eigenvalue weighted by Crippen LogP contribution is -2.55. The molecule has 4 rings (SSSR count). The average molecular weight is 553 g/mol. The van der Waals surface area contributed by atoms with Crippen LogP contribution in [0.15, 0.2) is 22.8 Å². The van der Waals surface area contributed by atoms with E-state index in [4.69, 9.17) is 4.74 Å². The van der Waals surface area contributed by atoms with Crippen LogP contribution in [-0.4, -0.2) is 12.1 Å². The second kappa shape index (κ2) is 12.3. The fraction of sp³-hybridized carbons (Fsp3) is 0.868. The summed E-state index contributed by atoms with van der Waals surface area (Å²) in [6, 6.07) is 0. The molecule has 2 nitrogen and oxygen atoms in total. The number of hydrogen-bond acceptors (Lipinski definition) is 2. The van der Waals surface area contributed by atoms with Crippen LogP contribution in [0.4, 0.5) is 0 Å². The first-order valence-corrected chi connectivity index (χ1v) is 17.4. The maximum absolute atomic E-state index is 12.9. The van der Waals surface area contributed by atoms with E-state index >= 15 is 0 Å². The topological polar surface area (TPSA) is 26.3 Å². The summed E-state index contributed by atoms with van der Waals surface area (Å²) in [6.07, 6.45) is 21.7. The Kier molecular flexibility index (Phi) is 9.79. The van der Waals surface area contributed by atoms with Gasteiger partial charge in [0.2, 0.25) is 0 Å². The second-order valence-corrected chi connectivity index (χ2v) is 16.2. The molecule has 0 bridgehead atoms. The highest BCUT2D eigenvalue weighted by atomic mass is 16.5. The van der Waals surface area contributed by atoms with E-state index in [0.717, 1.165) is 31.1 Å². The van der Waals surface area contributed by atoms with Crippen molar-refractivity contribution in [3.05, 3.63) is 22.8 Å². The number of ether oxygens (including phenoxy) is 1. The first-order valence-electron chi connectivity index (χ1n) is 17.4. The summed E-state index contributed by atoms with van der Waals surface area (Å²) < 4.78 is 6.28. The highest BCUT2D eigenvalue weighted by Gasteiger charge is 2.63. The molecule has 0 spiro atoms. The lowest BCUT2D eigenvalue weighted by Gasteiger charge is -2.62. The molecule has 2 heteroatoms. The monoisotopic (exact) mass is 552 g/mol. The third kappa shape index (κ3) is 5.65. The fourth-order valence-corrected chi connectivity index (χ4v) is 10.8. The Bertz CT molecular complexity index is 966. The minimum absolute atomic E-state index is 0.0305. The number of esters is 1. The van der Waals surface area contributed by atoms with Crippen LogP contribution < -0.4 is 0 Å². The minimum atomic E-state index is 0.0305. The van der Waals surface area contributed by atoms with Crippen molar-refractivity contribution in [2.24, 2.45) is 39.4 Å². The van der Waals surface area contributed by atoms with Crippen LogP contribution >= 0.6 is 0 Å². The van der Waals surface area contributed by atoms with Crippen LogP contribution in [0.2, 0.25) is 0 Å². The van der Waals surface area contributed by atoms with E-state index in [9.17, 15) is 4.79 Å². The molecular weight excluding hydrogens is 488 g/mol. The van der Waals surface area contributed by atoms with Gasteiger partial charge < -0.3 is 4.74 Å². The Morgan fingerprint density at radius 1 is 0.925 bits per heavy atom. The molecule has 4 aliphatic rings. The molecular formula is C38H64O2. The highest BCUT2D eigenvalue weighted by molar-refractivity contribution is 5.69. The molecule has 40 heavy (non-hydrogen) atoms. The first kappa shape index (κ1) is 31.9. The van der Waals surface area contributed by atoms with E-state index in [1.165, 1.54) is 82.6 Å². The molecule has 0 saturated heterocycles. The highest BCUT2D eigenvalue weighted by Crippen LogP contribution is 2.72. The maximum atomic E-state index is 12.9.